The number of benzene rings is 1. The Morgan fingerprint density at radius 2 is 2.03 bits per heavy atom. The summed E-state index contributed by atoms with van der Waals surface area (Å²) in [5.74, 6) is 0.0524. The van der Waals surface area contributed by atoms with Crippen LogP contribution in [0.4, 0.5) is 5.82 Å². The predicted molar refractivity (Wildman–Crippen MR) is 128 cm³/mol. The number of anilines is 1. The Labute approximate surface area is 190 Å². The first-order valence-corrected chi connectivity index (χ1v) is 11.3. The molecule has 4 aromatic rings. The highest BCUT2D eigenvalue weighted by Crippen LogP contribution is 2.36. The summed E-state index contributed by atoms with van der Waals surface area (Å²) in [7, 11) is 0. The molecule has 0 saturated carbocycles. The topological polar surface area (TPSA) is 89.3 Å². The number of thiophene rings is 1. The van der Waals surface area contributed by atoms with Crippen LogP contribution in [0.3, 0.4) is 0 Å². The molecule has 7 nitrogen and oxygen atoms in total. The van der Waals surface area contributed by atoms with Crippen molar-refractivity contribution in [3.8, 4) is 16.3 Å². The molecule has 0 aliphatic carbocycles. The van der Waals surface area contributed by atoms with Crippen molar-refractivity contribution in [3.63, 3.8) is 0 Å². The minimum atomic E-state index is -1.01. The standard InChI is InChI=1S/C24H26N4O3S/c1-14(2)31-20-12-21(32-23(20)24(29)30)18-11-22(27-13-26-18)25-8-9-28-16(4)10-17-15(3)6-5-7-19(17)28/h5-7,10-14H,8-9H2,1-4H3,(H,29,30)(H,25,26,27). The Balaban J connectivity index is 1.51. The van der Waals surface area contributed by atoms with Crippen LogP contribution in [0.25, 0.3) is 21.5 Å². The van der Waals surface area contributed by atoms with Crippen molar-refractivity contribution in [2.75, 3.05) is 11.9 Å². The van der Waals surface area contributed by atoms with Crippen LogP contribution in [-0.4, -0.2) is 38.3 Å². The maximum Gasteiger partial charge on any atom is 0.349 e. The van der Waals surface area contributed by atoms with Gasteiger partial charge in [0.05, 0.1) is 16.7 Å². The number of fused-ring (bicyclic) bond motifs is 1. The molecule has 0 aliphatic rings. The molecule has 0 radical (unpaired) electrons. The van der Waals surface area contributed by atoms with Crippen LogP contribution >= 0.6 is 11.3 Å². The van der Waals surface area contributed by atoms with Gasteiger partial charge in [0.2, 0.25) is 0 Å². The number of hydrogen-bond donors (Lipinski definition) is 2. The average Bonchev–Trinajstić information content (AvgIpc) is 3.30. The molecule has 0 aliphatic heterocycles. The van der Waals surface area contributed by atoms with Gasteiger partial charge in [0.25, 0.3) is 0 Å². The molecule has 8 heteroatoms. The summed E-state index contributed by atoms with van der Waals surface area (Å²) in [6.45, 7) is 9.48. The normalized spacial score (nSPS) is 11.3. The molecule has 0 spiro atoms. The maximum absolute atomic E-state index is 11.6. The van der Waals surface area contributed by atoms with E-state index >= 15 is 0 Å². The highest BCUT2D eigenvalue weighted by molar-refractivity contribution is 7.17. The van der Waals surface area contributed by atoms with Gasteiger partial charge >= 0.3 is 5.97 Å². The van der Waals surface area contributed by atoms with Crippen molar-refractivity contribution in [1.82, 2.24) is 14.5 Å². The highest BCUT2D eigenvalue weighted by Gasteiger charge is 2.19. The zero-order valence-corrected chi connectivity index (χ0v) is 19.4. The molecule has 0 bridgehead atoms. The van der Waals surface area contributed by atoms with Gasteiger partial charge in [-0.3, -0.25) is 0 Å². The Kier molecular flexibility index (Phi) is 6.14. The fourth-order valence-electron chi connectivity index (χ4n) is 3.74. The average molecular weight is 451 g/mol. The Morgan fingerprint density at radius 1 is 1.22 bits per heavy atom. The van der Waals surface area contributed by atoms with Crippen LogP contribution in [0.2, 0.25) is 0 Å². The van der Waals surface area contributed by atoms with Crippen molar-refractivity contribution >= 4 is 34.0 Å². The summed E-state index contributed by atoms with van der Waals surface area (Å²) < 4.78 is 7.96. The molecule has 3 aromatic heterocycles. The van der Waals surface area contributed by atoms with Crippen molar-refractivity contribution in [2.45, 2.75) is 40.3 Å². The second kappa shape index (κ2) is 9.00. The minimum absolute atomic E-state index is 0.116. The number of nitrogens with one attached hydrogen (secondary N) is 1. The summed E-state index contributed by atoms with van der Waals surface area (Å²) in [4.78, 5) is 21.1. The van der Waals surface area contributed by atoms with Gasteiger partial charge in [-0.25, -0.2) is 14.8 Å². The van der Waals surface area contributed by atoms with E-state index in [0.29, 0.717) is 23.8 Å². The first-order chi connectivity index (χ1) is 15.3. The molecule has 3 heterocycles. The lowest BCUT2D eigenvalue weighted by Gasteiger charge is -2.11. The van der Waals surface area contributed by atoms with Crippen molar-refractivity contribution in [1.29, 1.82) is 0 Å². The molecule has 32 heavy (non-hydrogen) atoms. The number of aryl methyl sites for hydroxylation is 2. The molecule has 0 atom stereocenters. The minimum Gasteiger partial charge on any atom is -0.489 e. The maximum atomic E-state index is 11.6. The van der Waals surface area contributed by atoms with E-state index in [-0.39, 0.29) is 11.0 Å². The number of carboxylic acid groups (broad SMARTS) is 1. The third-order valence-electron chi connectivity index (χ3n) is 5.19. The van der Waals surface area contributed by atoms with Crippen LogP contribution in [0.15, 0.2) is 42.7 Å². The number of carboxylic acids is 1. The van der Waals surface area contributed by atoms with Gasteiger partial charge in [-0.1, -0.05) is 12.1 Å². The third-order valence-corrected chi connectivity index (χ3v) is 6.31. The van der Waals surface area contributed by atoms with E-state index in [9.17, 15) is 9.90 Å². The van der Waals surface area contributed by atoms with Crippen molar-refractivity contribution in [3.05, 3.63) is 58.9 Å². The second-order valence-electron chi connectivity index (χ2n) is 7.94. The Morgan fingerprint density at radius 3 is 2.78 bits per heavy atom. The Hall–Kier alpha value is -3.39. The van der Waals surface area contributed by atoms with E-state index in [1.54, 1.807) is 6.07 Å². The third kappa shape index (κ3) is 4.45. The van der Waals surface area contributed by atoms with E-state index in [0.717, 1.165) is 22.8 Å². The zero-order chi connectivity index (χ0) is 22.8. The van der Waals surface area contributed by atoms with Gasteiger partial charge in [0.1, 0.15) is 17.9 Å². The van der Waals surface area contributed by atoms with Gasteiger partial charge in [0.15, 0.2) is 4.88 Å². The summed E-state index contributed by atoms with van der Waals surface area (Å²) >= 11 is 1.15. The monoisotopic (exact) mass is 450 g/mol. The number of nitrogens with zero attached hydrogens (tertiary/aromatic N) is 3. The molecule has 4 rings (SSSR count). The molecule has 0 unspecified atom stereocenters. The predicted octanol–water partition coefficient (Wildman–Crippen LogP) is 5.37. The molecular weight excluding hydrogens is 424 g/mol. The number of hydrogen-bond acceptors (Lipinski definition) is 6. The van der Waals surface area contributed by atoms with E-state index in [2.05, 4.69) is 58.0 Å². The summed E-state index contributed by atoms with van der Waals surface area (Å²) in [6, 6.07) is 12.2. The van der Waals surface area contributed by atoms with Gasteiger partial charge < -0.3 is 19.7 Å². The van der Waals surface area contributed by atoms with E-state index < -0.39 is 5.97 Å². The lowest BCUT2D eigenvalue weighted by Crippen LogP contribution is -2.12. The highest BCUT2D eigenvalue weighted by atomic mass is 32.1. The van der Waals surface area contributed by atoms with Gasteiger partial charge in [-0.05, 0) is 45.4 Å². The lowest BCUT2D eigenvalue weighted by atomic mass is 10.1. The van der Waals surface area contributed by atoms with Crippen LogP contribution in [0.1, 0.15) is 34.8 Å². The fourth-order valence-corrected chi connectivity index (χ4v) is 4.63. The fraction of sp³-hybridized carbons (Fsp3) is 0.292. The van der Waals surface area contributed by atoms with Gasteiger partial charge in [-0.15, -0.1) is 11.3 Å². The lowest BCUT2D eigenvalue weighted by molar-refractivity contribution is 0.0696. The molecular formula is C24H26N4O3S. The van der Waals surface area contributed by atoms with Crippen LogP contribution in [0, 0.1) is 13.8 Å². The molecule has 2 N–H and O–H groups in total. The van der Waals surface area contributed by atoms with Crippen molar-refractivity contribution in [2.24, 2.45) is 0 Å². The van der Waals surface area contributed by atoms with Gasteiger partial charge in [0, 0.05) is 41.8 Å². The summed E-state index contributed by atoms with van der Waals surface area (Å²) in [6.07, 6.45) is 1.37. The smallest absolute Gasteiger partial charge is 0.349 e. The van der Waals surface area contributed by atoms with Gasteiger partial charge in [-0.2, -0.15) is 0 Å². The summed E-state index contributed by atoms with van der Waals surface area (Å²) in [5.41, 5.74) is 4.38. The second-order valence-corrected chi connectivity index (χ2v) is 8.99. The Bertz CT molecular complexity index is 1280. The summed E-state index contributed by atoms with van der Waals surface area (Å²) in [5, 5.41) is 14.1. The number of aromatic carboxylic acids is 1. The number of ether oxygens (including phenoxy) is 1. The molecule has 0 saturated heterocycles. The number of aromatic nitrogens is 3. The molecule has 0 fully saturated rings. The van der Waals surface area contributed by atoms with Crippen LogP contribution < -0.4 is 10.1 Å². The largest absolute Gasteiger partial charge is 0.489 e. The van der Waals surface area contributed by atoms with E-state index in [1.807, 2.05) is 19.9 Å². The molecule has 0 amide bonds. The van der Waals surface area contributed by atoms with Crippen molar-refractivity contribution < 1.29 is 14.6 Å². The molecule has 1 aromatic carbocycles. The molecule has 166 valence electrons. The van der Waals surface area contributed by atoms with E-state index in [4.69, 9.17) is 4.74 Å². The first-order valence-electron chi connectivity index (χ1n) is 10.5. The van der Waals surface area contributed by atoms with Crippen LogP contribution in [-0.2, 0) is 6.54 Å². The number of rotatable bonds is 8. The number of carbonyl (C=O) groups is 1. The first kappa shape index (κ1) is 21.8. The quantitative estimate of drug-likeness (QED) is 0.375. The zero-order valence-electron chi connectivity index (χ0n) is 18.5. The van der Waals surface area contributed by atoms with Crippen LogP contribution in [0.5, 0.6) is 5.75 Å². The SMILES string of the molecule is Cc1cccc2c1cc(C)n2CCNc1cc(-c2cc(OC(C)C)c(C(=O)O)s2)ncn1. The van der Waals surface area contributed by atoms with E-state index in [1.165, 1.54) is 28.5 Å².